The summed E-state index contributed by atoms with van der Waals surface area (Å²) in [6, 6.07) is 34.0. The Morgan fingerprint density at radius 1 is 0.402 bits per heavy atom. The van der Waals surface area contributed by atoms with E-state index in [0.29, 0.717) is 32.2 Å². The molecule has 7 atom stereocenters. The van der Waals surface area contributed by atoms with Crippen molar-refractivity contribution < 1.29 is 44.1 Å². The highest BCUT2D eigenvalue weighted by molar-refractivity contribution is 5.94. The minimum Gasteiger partial charge on any atom is -0.368 e. The largest absolute Gasteiger partial charge is 0.368 e. The molecule has 18 nitrogen and oxygen atoms in total. The zero-order chi connectivity index (χ0) is 60.5. The summed E-state index contributed by atoms with van der Waals surface area (Å²) in [7, 11) is 0. The molecule has 82 heavy (non-hydrogen) atoms. The molecule has 0 aliphatic heterocycles. The van der Waals surface area contributed by atoms with Crippen molar-refractivity contribution in [3.05, 3.63) is 144 Å². The summed E-state index contributed by atoms with van der Waals surface area (Å²) in [5.74, 6) is -3.98. The maximum atomic E-state index is 15.3. The topological polar surface area (TPSA) is 225 Å². The van der Waals surface area contributed by atoms with Crippen molar-refractivity contribution in [2.24, 2.45) is 5.73 Å². The molecule has 0 spiro atoms. The third kappa shape index (κ3) is 19.9. The van der Waals surface area contributed by atoms with Crippen LogP contribution in [-0.4, -0.2) is 165 Å². The Bertz CT molecular complexity index is 2650. The number of nitrogens with two attached hydrogens (primary N) is 1. The first kappa shape index (κ1) is 67.1. The van der Waals surface area contributed by atoms with Gasteiger partial charge in [0.1, 0.15) is 32.7 Å². The van der Waals surface area contributed by atoms with Crippen molar-refractivity contribution in [2.75, 3.05) is 65.4 Å². The lowest BCUT2D eigenvalue weighted by molar-refractivity contribution is -0.368. The van der Waals surface area contributed by atoms with Crippen molar-refractivity contribution in [3.63, 3.8) is 0 Å². The average molecular weight is 1130 g/mol. The maximum Gasteiger partial charge on any atom is 0.243 e. The normalized spacial score (nSPS) is 13.7. The summed E-state index contributed by atoms with van der Waals surface area (Å²) in [5.41, 5.74) is 12.7. The van der Waals surface area contributed by atoms with Gasteiger partial charge < -0.3 is 51.1 Å². The zero-order valence-corrected chi connectivity index (χ0v) is 50.4. The van der Waals surface area contributed by atoms with Crippen LogP contribution >= 0.6 is 0 Å². The number of carbonyl (C=O) groups is 8. The summed E-state index contributed by atoms with van der Waals surface area (Å²) in [4.78, 5) is 126. The Morgan fingerprint density at radius 3 is 1.04 bits per heavy atom. The molecular formula is C64H93N10O8+. The molecule has 6 N–H and O–H groups in total. The first-order valence-corrected chi connectivity index (χ1v) is 29.2. The van der Waals surface area contributed by atoms with Gasteiger partial charge in [-0.1, -0.05) is 142 Å². The van der Waals surface area contributed by atoms with Gasteiger partial charge in [0.25, 0.3) is 0 Å². The standard InChI is InChI=1S/C64H92N10O8/c1-11-46(4)67-38-58(76)72(50(8)54-30-20-15-21-31-54)44-63(81)74(52(10)56-34-24-17-25-35-56)45-64(82)73(51(9)55-32-22-16-23-33-55)43-61(79)69(47(5)12-2)41-59(77)68(37-27-26-36-65)40-60(78)70(48(6)13-3)42-62(80)71(39-57(66)75)49(7)53-28-18-14-19-29-53/h14-25,28-35,46-52,67H,11-13,26-27,36-45,65H2,1-10H3,(H2,66,75)/p+1/t46-,47-,48-,49-,50-,51-,52-/m0/s1. The van der Waals surface area contributed by atoms with Crippen LogP contribution in [0.3, 0.4) is 0 Å². The number of nitrogens with one attached hydrogen (secondary N) is 1. The second kappa shape index (κ2) is 34.1. The van der Waals surface area contributed by atoms with E-state index in [2.05, 4.69) is 11.1 Å². The molecule has 0 unspecified atom stereocenters. The smallest absolute Gasteiger partial charge is 0.243 e. The van der Waals surface area contributed by atoms with E-state index in [1.54, 1.807) is 11.8 Å². The third-order valence-corrected chi connectivity index (χ3v) is 15.8. The van der Waals surface area contributed by atoms with Crippen molar-refractivity contribution >= 4 is 47.3 Å². The molecule has 0 aromatic heterocycles. The molecule has 0 saturated carbocycles. The number of primary amides is 1. The maximum absolute atomic E-state index is 15.3. The van der Waals surface area contributed by atoms with Gasteiger partial charge in [0.2, 0.25) is 47.3 Å². The fraction of sp³-hybridized carbons (Fsp3) is 0.500. The van der Waals surface area contributed by atoms with E-state index < -0.39 is 97.2 Å². The molecule has 0 aliphatic carbocycles. The average Bonchev–Trinajstić information content (AvgIpc) is 3.70. The van der Waals surface area contributed by atoms with E-state index in [9.17, 15) is 24.0 Å². The van der Waals surface area contributed by atoms with Gasteiger partial charge >= 0.3 is 0 Å². The van der Waals surface area contributed by atoms with E-state index in [1.807, 2.05) is 184 Å². The molecule has 0 fully saturated rings. The second-order valence-electron chi connectivity index (χ2n) is 21.5. The summed E-state index contributed by atoms with van der Waals surface area (Å²) in [5, 5.41) is 3.27. The molecule has 8 amide bonds. The van der Waals surface area contributed by atoms with Crippen molar-refractivity contribution in [1.29, 1.82) is 0 Å². The van der Waals surface area contributed by atoms with Gasteiger partial charge in [0.05, 0.1) is 50.3 Å². The van der Waals surface area contributed by atoms with E-state index in [1.165, 1.54) is 29.4 Å². The number of carbonyl (C=O) groups excluding carboxylic acids is 8. The number of nitrogens with zero attached hydrogens (tertiary/aromatic N) is 7. The Hall–Kier alpha value is -7.44. The molecule has 4 rings (SSSR count). The SMILES string of the molecule is CC[C@H](C)NCC(=O)N(CC(=O)N(CC(=O)N(CC(=O)N(CC(=O)N(CCCC[NH3+])CC(=O)N(CC(=O)N(CC(N)=O)[C@@H](C)c1ccccc1)[C@@H](C)CC)[C@@H](C)CC)[C@@H](C)c1ccccc1)[C@@H](C)c1ccccc1)[C@@H](C)c1ccccc1. The molecule has 18 heteroatoms. The number of rotatable bonds is 34. The highest BCUT2D eigenvalue weighted by Crippen LogP contribution is 2.27. The van der Waals surface area contributed by atoms with Gasteiger partial charge in [-0.15, -0.1) is 0 Å². The van der Waals surface area contributed by atoms with Crippen molar-refractivity contribution in [1.82, 2.24) is 39.6 Å². The number of hydrogen-bond acceptors (Lipinski definition) is 9. The lowest BCUT2D eigenvalue weighted by Crippen LogP contribution is -2.55. The van der Waals surface area contributed by atoms with Crippen LogP contribution in [-0.2, 0) is 38.4 Å². The number of quaternary nitrogens is 1. The summed E-state index contributed by atoms with van der Waals surface area (Å²) < 4.78 is 0. The zero-order valence-electron chi connectivity index (χ0n) is 50.4. The molecule has 4 aromatic carbocycles. The fourth-order valence-electron chi connectivity index (χ4n) is 9.72. The number of amides is 8. The van der Waals surface area contributed by atoms with E-state index in [0.717, 1.165) is 28.7 Å². The minimum atomic E-state index is -0.705. The molecule has 0 saturated heterocycles. The molecule has 0 radical (unpaired) electrons. The number of hydrogen-bond donors (Lipinski definition) is 3. The first-order chi connectivity index (χ1) is 39.2. The summed E-state index contributed by atoms with van der Waals surface area (Å²) >= 11 is 0. The monoisotopic (exact) mass is 1130 g/mol. The van der Waals surface area contributed by atoms with E-state index >= 15 is 14.4 Å². The Balaban J connectivity index is 1.70. The molecule has 4 aromatic rings. The fourth-order valence-corrected chi connectivity index (χ4v) is 9.72. The van der Waals surface area contributed by atoms with Crippen LogP contribution < -0.4 is 16.8 Å². The summed E-state index contributed by atoms with van der Waals surface area (Å²) in [6.07, 6.45) is 2.92. The first-order valence-electron chi connectivity index (χ1n) is 29.2. The van der Waals surface area contributed by atoms with Crippen LogP contribution in [0, 0.1) is 0 Å². The molecule has 0 heterocycles. The molecular weight excluding hydrogens is 1040 g/mol. The Morgan fingerprint density at radius 2 is 0.707 bits per heavy atom. The van der Waals surface area contributed by atoms with Gasteiger partial charge in [-0.25, -0.2) is 0 Å². The van der Waals surface area contributed by atoms with Crippen LogP contribution in [0.15, 0.2) is 121 Å². The third-order valence-electron chi connectivity index (χ3n) is 15.8. The quantitative estimate of drug-likeness (QED) is 0.0444. The highest BCUT2D eigenvalue weighted by atomic mass is 16.2. The summed E-state index contributed by atoms with van der Waals surface area (Å²) in [6.45, 7) is 16.7. The lowest BCUT2D eigenvalue weighted by atomic mass is 10.0. The van der Waals surface area contributed by atoms with Gasteiger partial charge in [-0.3, -0.25) is 38.4 Å². The van der Waals surface area contributed by atoms with Gasteiger partial charge in [0, 0.05) is 24.7 Å². The highest BCUT2D eigenvalue weighted by Gasteiger charge is 2.36. The van der Waals surface area contributed by atoms with Gasteiger partial charge in [-0.05, 0) is 103 Å². The Kier molecular flexibility index (Phi) is 27.9. The predicted octanol–water partition coefficient (Wildman–Crippen LogP) is 6.32. The number of unbranched alkanes of at least 4 members (excludes halogenated alkanes) is 1. The van der Waals surface area contributed by atoms with Crippen LogP contribution in [0.1, 0.15) is 148 Å². The molecule has 0 bridgehead atoms. The van der Waals surface area contributed by atoms with Crippen LogP contribution in [0.2, 0.25) is 0 Å². The number of benzene rings is 4. The second-order valence-corrected chi connectivity index (χ2v) is 21.5. The van der Waals surface area contributed by atoms with Crippen LogP contribution in [0.4, 0.5) is 0 Å². The minimum absolute atomic E-state index is 0.00159. The predicted molar refractivity (Wildman–Crippen MR) is 320 cm³/mol. The van der Waals surface area contributed by atoms with Crippen molar-refractivity contribution in [3.8, 4) is 0 Å². The van der Waals surface area contributed by atoms with Crippen molar-refractivity contribution in [2.45, 2.75) is 144 Å². The van der Waals surface area contributed by atoms with Gasteiger partial charge in [0.15, 0.2) is 0 Å². The molecule has 446 valence electrons. The molecule has 0 aliphatic rings. The van der Waals surface area contributed by atoms with E-state index in [4.69, 9.17) is 5.73 Å². The Labute approximate surface area is 487 Å². The van der Waals surface area contributed by atoms with E-state index in [-0.39, 0.29) is 51.2 Å². The lowest BCUT2D eigenvalue weighted by Gasteiger charge is -2.38. The van der Waals surface area contributed by atoms with Gasteiger partial charge in [-0.2, -0.15) is 0 Å². The van der Waals surface area contributed by atoms with Crippen LogP contribution in [0.25, 0.3) is 0 Å². The van der Waals surface area contributed by atoms with Crippen LogP contribution in [0.5, 0.6) is 0 Å².